The smallest absolute Gasteiger partial charge is 0.345 e. The van der Waals surface area contributed by atoms with Gasteiger partial charge in [-0.2, -0.15) is 5.10 Å². The van der Waals surface area contributed by atoms with Gasteiger partial charge in [-0.15, -0.1) is 11.3 Å². The van der Waals surface area contributed by atoms with Crippen LogP contribution in [-0.2, 0) is 27.2 Å². The van der Waals surface area contributed by atoms with E-state index in [9.17, 15) is 19.2 Å². The molecular weight excluding hydrogens is 622 g/mol. The molecular formula is C28H25BrClN3O6S. The van der Waals surface area contributed by atoms with Crippen molar-refractivity contribution in [2.24, 2.45) is 11.0 Å². The molecule has 4 rings (SSSR count). The minimum absolute atomic E-state index is 0.160. The molecule has 1 aliphatic carbocycles. The van der Waals surface area contributed by atoms with Crippen LogP contribution in [0, 0.1) is 5.92 Å². The lowest BCUT2D eigenvalue weighted by Gasteiger charge is -2.18. The monoisotopic (exact) mass is 645 g/mol. The van der Waals surface area contributed by atoms with Crippen LogP contribution in [0.25, 0.3) is 0 Å². The van der Waals surface area contributed by atoms with E-state index < -0.39 is 23.8 Å². The van der Waals surface area contributed by atoms with Crippen LogP contribution >= 0.6 is 38.9 Å². The fourth-order valence-corrected chi connectivity index (χ4v) is 6.11. The van der Waals surface area contributed by atoms with E-state index in [4.69, 9.17) is 21.1 Å². The molecule has 2 aromatic carbocycles. The SMILES string of the molecule is CCOC(=O)c1c(NC(=O)C(=O)N/N=C\c2cc(Br)ccc2OC(=O)c2ccccc2Cl)sc2c1CC[C@@H](C)C2. The summed E-state index contributed by atoms with van der Waals surface area (Å²) in [4.78, 5) is 51.5. The molecule has 0 unspecified atom stereocenters. The second kappa shape index (κ2) is 13.2. The molecule has 208 valence electrons. The lowest BCUT2D eigenvalue weighted by molar-refractivity contribution is -0.136. The number of nitrogens with one attached hydrogen (secondary N) is 2. The van der Waals surface area contributed by atoms with Crippen molar-refractivity contribution in [3.63, 3.8) is 0 Å². The third kappa shape index (κ3) is 6.96. The van der Waals surface area contributed by atoms with E-state index in [1.807, 2.05) is 0 Å². The first-order valence-corrected chi connectivity index (χ1v) is 14.4. The van der Waals surface area contributed by atoms with Gasteiger partial charge in [0.1, 0.15) is 10.8 Å². The molecule has 0 bridgehead atoms. The summed E-state index contributed by atoms with van der Waals surface area (Å²) in [5.74, 6) is -2.63. The minimum Gasteiger partial charge on any atom is -0.462 e. The van der Waals surface area contributed by atoms with Crippen LogP contribution in [0.5, 0.6) is 5.75 Å². The number of esters is 2. The average Bonchev–Trinajstić information content (AvgIpc) is 3.27. The molecule has 0 aliphatic heterocycles. The minimum atomic E-state index is -1.05. The lowest BCUT2D eigenvalue weighted by atomic mass is 9.88. The first-order chi connectivity index (χ1) is 19.2. The number of thiophene rings is 1. The number of anilines is 1. The Morgan fingerprint density at radius 1 is 1.15 bits per heavy atom. The number of ether oxygens (including phenoxy) is 2. The van der Waals surface area contributed by atoms with E-state index in [-0.39, 0.29) is 27.9 Å². The maximum atomic E-state index is 12.7. The van der Waals surface area contributed by atoms with Crippen molar-refractivity contribution in [3.05, 3.63) is 79.1 Å². The fourth-order valence-electron chi connectivity index (χ4n) is 4.12. The summed E-state index contributed by atoms with van der Waals surface area (Å²) in [5.41, 5.74) is 3.87. The fraction of sp³-hybridized carbons (Fsp3) is 0.250. The highest BCUT2D eigenvalue weighted by molar-refractivity contribution is 9.10. The van der Waals surface area contributed by atoms with Gasteiger partial charge in [0.2, 0.25) is 0 Å². The Morgan fingerprint density at radius 2 is 1.93 bits per heavy atom. The van der Waals surface area contributed by atoms with Gasteiger partial charge in [-0.05, 0) is 68.0 Å². The molecule has 0 radical (unpaired) electrons. The Kier molecular flexibility index (Phi) is 9.72. The second-order valence-electron chi connectivity index (χ2n) is 8.98. The number of hydrazone groups is 1. The first-order valence-electron chi connectivity index (χ1n) is 12.4. The highest BCUT2D eigenvalue weighted by Crippen LogP contribution is 2.40. The van der Waals surface area contributed by atoms with Crippen molar-refractivity contribution < 1.29 is 28.7 Å². The zero-order chi connectivity index (χ0) is 28.8. The standard InChI is InChI=1S/C28H25BrClN3O6S/c1-3-38-28(37)23-19-10-8-15(2)12-22(19)40-26(23)32-24(34)25(35)33-31-14-16-13-17(29)9-11-21(16)39-27(36)18-6-4-5-7-20(18)30/h4-7,9,11,13-15H,3,8,10,12H2,1-2H3,(H,32,34)(H,33,35)/b31-14-/t15-/m1/s1. The van der Waals surface area contributed by atoms with Gasteiger partial charge in [0, 0.05) is 14.9 Å². The van der Waals surface area contributed by atoms with E-state index in [2.05, 4.69) is 38.7 Å². The van der Waals surface area contributed by atoms with Crippen LogP contribution in [0.4, 0.5) is 5.00 Å². The molecule has 12 heteroatoms. The third-order valence-corrected chi connectivity index (χ3v) is 8.06. The summed E-state index contributed by atoms with van der Waals surface area (Å²) in [6.07, 6.45) is 3.64. The third-order valence-electron chi connectivity index (χ3n) is 6.06. The Morgan fingerprint density at radius 3 is 2.67 bits per heavy atom. The first kappa shape index (κ1) is 29.4. The molecule has 0 saturated carbocycles. The molecule has 3 aromatic rings. The summed E-state index contributed by atoms with van der Waals surface area (Å²) < 4.78 is 11.4. The van der Waals surface area contributed by atoms with Crippen LogP contribution < -0.4 is 15.5 Å². The quantitative estimate of drug-likeness (QED) is 0.110. The van der Waals surface area contributed by atoms with Crippen molar-refractivity contribution in [1.29, 1.82) is 0 Å². The highest BCUT2D eigenvalue weighted by Gasteiger charge is 2.30. The van der Waals surface area contributed by atoms with Crippen LogP contribution in [0.15, 0.2) is 52.0 Å². The van der Waals surface area contributed by atoms with Crippen LogP contribution in [0.1, 0.15) is 57.0 Å². The topological polar surface area (TPSA) is 123 Å². The highest BCUT2D eigenvalue weighted by atomic mass is 79.9. The number of hydrogen-bond donors (Lipinski definition) is 2. The molecule has 9 nitrogen and oxygen atoms in total. The molecule has 40 heavy (non-hydrogen) atoms. The summed E-state index contributed by atoms with van der Waals surface area (Å²) in [5, 5.41) is 6.92. The molecule has 1 aliphatic rings. The average molecular weight is 647 g/mol. The van der Waals surface area contributed by atoms with E-state index in [0.29, 0.717) is 27.9 Å². The van der Waals surface area contributed by atoms with Crippen molar-refractivity contribution >= 4 is 73.8 Å². The van der Waals surface area contributed by atoms with Crippen LogP contribution in [0.3, 0.4) is 0 Å². The van der Waals surface area contributed by atoms with Gasteiger partial charge in [-0.1, -0.05) is 46.6 Å². The van der Waals surface area contributed by atoms with Gasteiger partial charge in [0.05, 0.1) is 29.0 Å². The summed E-state index contributed by atoms with van der Waals surface area (Å²) in [7, 11) is 0. The number of rotatable bonds is 7. The van der Waals surface area contributed by atoms with Gasteiger partial charge >= 0.3 is 23.8 Å². The zero-order valence-electron chi connectivity index (χ0n) is 21.6. The zero-order valence-corrected chi connectivity index (χ0v) is 24.7. The molecule has 0 saturated heterocycles. The molecule has 1 heterocycles. The van der Waals surface area contributed by atoms with Crippen molar-refractivity contribution in [1.82, 2.24) is 5.43 Å². The summed E-state index contributed by atoms with van der Waals surface area (Å²) >= 11 is 10.7. The van der Waals surface area contributed by atoms with Gasteiger partial charge in [0.25, 0.3) is 0 Å². The predicted octanol–water partition coefficient (Wildman–Crippen LogP) is 5.77. The number of fused-ring (bicyclic) bond motifs is 1. The van der Waals surface area contributed by atoms with Gasteiger partial charge < -0.3 is 14.8 Å². The number of benzene rings is 2. The maximum Gasteiger partial charge on any atom is 0.345 e. The molecule has 1 aromatic heterocycles. The Labute approximate surface area is 248 Å². The number of nitrogens with zero attached hydrogens (tertiary/aromatic N) is 1. The summed E-state index contributed by atoms with van der Waals surface area (Å²) in [6, 6.07) is 11.3. The van der Waals surface area contributed by atoms with Crippen molar-refractivity contribution in [2.45, 2.75) is 33.1 Å². The normalized spacial score (nSPS) is 14.3. The van der Waals surface area contributed by atoms with Crippen molar-refractivity contribution in [3.8, 4) is 5.75 Å². The largest absolute Gasteiger partial charge is 0.462 e. The molecule has 0 spiro atoms. The van der Waals surface area contributed by atoms with E-state index in [1.54, 1.807) is 43.3 Å². The second-order valence-corrected chi connectivity index (χ2v) is 11.4. The van der Waals surface area contributed by atoms with E-state index in [0.717, 1.165) is 23.3 Å². The number of halogens is 2. The Balaban J connectivity index is 1.46. The number of carbonyl (C=O) groups excluding carboxylic acids is 4. The van der Waals surface area contributed by atoms with Gasteiger partial charge in [-0.3, -0.25) is 9.59 Å². The van der Waals surface area contributed by atoms with Gasteiger partial charge in [-0.25, -0.2) is 15.0 Å². The number of amides is 2. The number of carbonyl (C=O) groups is 4. The molecule has 1 atom stereocenters. The molecule has 2 N–H and O–H groups in total. The number of hydrogen-bond acceptors (Lipinski definition) is 8. The van der Waals surface area contributed by atoms with Crippen LogP contribution in [-0.4, -0.2) is 36.6 Å². The summed E-state index contributed by atoms with van der Waals surface area (Å²) in [6.45, 7) is 4.02. The Hall–Kier alpha value is -3.54. The van der Waals surface area contributed by atoms with E-state index in [1.165, 1.54) is 23.6 Å². The van der Waals surface area contributed by atoms with Gasteiger partial charge in [0.15, 0.2) is 0 Å². The molecule has 0 fully saturated rings. The molecule has 2 amide bonds. The predicted molar refractivity (Wildman–Crippen MR) is 156 cm³/mol. The maximum absolute atomic E-state index is 12.7. The lowest BCUT2D eigenvalue weighted by Crippen LogP contribution is -2.32. The van der Waals surface area contributed by atoms with Crippen LogP contribution in [0.2, 0.25) is 5.02 Å². The van der Waals surface area contributed by atoms with E-state index >= 15 is 0 Å². The van der Waals surface area contributed by atoms with Crippen molar-refractivity contribution in [2.75, 3.05) is 11.9 Å². The Bertz CT molecular complexity index is 1510.